The van der Waals surface area contributed by atoms with Crippen LogP contribution in [0.5, 0.6) is 5.75 Å². The fourth-order valence-corrected chi connectivity index (χ4v) is 2.03. The van der Waals surface area contributed by atoms with Gasteiger partial charge >= 0.3 is 0 Å². The highest BCUT2D eigenvalue weighted by atomic mass is 32.1. The third-order valence-corrected chi connectivity index (χ3v) is 2.81. The molecule has 0 aliphatic carbocycles. The van der Waals surface area contributed by atoms with Crippen LogP contribution in [0.25, 0.3) is 10.1 Å². The molecule has 2 aromatic rings. The molecule has 0 aliphatic heterocycles. The topological polar surface area (TPSA) is 48.1 Å². The van der Waals surface area contributed by atoms with E-state index in [1.165, 1.54) is 11.5 Å². The van der Waals surface area contributed by atoms with Crippen molar-refractivity contribution >= 4 is 21.6 Å². The van der Waals surface area contributed by atoms with E-state index in [9.17, 15) is 0 Å². The van der Waals surface area contributed by atoms with Gasteiger partial charge in [0.2, 0.25) is 0 Å². The van der Waals surface area contributed by atoms with Crippen LogP contribution in [0.15, 0.2) is 18.2 Å². The Labute approximate surface area is 80.3 Å². The maximum absolute atomic E-state index is 5.56. The van der Waals surface area contributed by atoms with E-state index in [0.29, 0.717) is 6.54 Å². The smallest absolute Gasteiger partial charge is 0.119 e. The average Bonchev–Trinajstić information content (AvgIpc) is 2.59. The first-order chi connectivity index (χ1) is 6.35. The zero-order valence-electron chi connectivity index (χ0n) is 7.28. The molecule has 0 spiro atoms. The van der Waals surface area contributed by atoms with Gasteiger partial charge in [-0.15, -0.1) is 0 Å². The molecule has 13 heavy (non-hydrogen) atoms. The van der Waals surface area contributed by atoms with E-state index in [-0.39, 0.29) is 0 Å². The highest BCUT2D eigenvalue weighted by molar-refractivity contribution is 7.13. The Kier molecular flexibility index (Phi) is 2.16. The number of methoxy groups -OCH3 is 1. The van der Waals surface area contributed by atoms with Crippen molar-refractivity contribution in [2.45, 2.75) is 6.54 Å². The second-order valence-electron chi connectivity index (χ2n) is 2.70. The number of hydrogen-bond donors (Lipinski definition) is 1. The number of benzene rings is 1. The van der Waals surface area contributed by atoms with Gasteiger partial charge in [0, 0.05) is 11.9 Å². The first-order valence-electron chi connectivity index (χ1n) is 3.97. The van der Waals surface area contributed by atoms with Crippen molar-refractivity contribution < 1.29 is 4.74 Å². The number of hydrogen-bond acceptors (Lipinski definition) is 4. The van der Waals surface area contributed by atoms with Crippen molar-refractivity contribution in [1.29, 1.82) is 0 Å². The predicted octanol–water partition coefficient (Wildman–Crippen LogP) is 1.76. The predicted molar refractivity (Wildman–Crippen MR) is 54.1 cm³/mol. The first-order valence-corrected chi connectivity index (χ1v) is 4.75. The Morgan fingerprint density at radius 3 is 3.08 bits per heavy atom. The van der Waals surface area contributed by atoms with Crippen LogP contribution >= 0.6 is 11.5 Å². The molecule has 0 aliphatic rings. The van der Waals surface area contributed by atoms with Gasteiger partial charge in [0.1, 0.15) is 5.75 Å². The largest absolute Gasteiger partial charge is 0.497 e. The molecule has 0 saturated carbocycles. The molecule has 2 N–H and O–H groups in total. The van der Waals surface area contributed by atoms with Crippen LogP contribution in [-0.4, -0.2) is 11.5 Å². The minimum absolute atomic E-state index is 0.479. The van der Waals surface area contributed by atoms with Crippen LogP contribution in [0, 0.1) is 0 Å². The van der Waals surface area contributed by atoms with Gasteiger partial charge in [-0.2, -0.15) is 4.37 Å². The van der Waals surface area contributed by atoms with E-state index in [0.717, 1.165) is 21.5 Å². The van der Waals surface area contributed by atoms with E-state index in [1.54, 1.807) is 7.11 Å². The molecule has 68 valence electrons. The Hall–Kier alpha value is -1.13. The van der Waals surface area contributed by atoms with Crippen molar-refractivity contribution in [3.05, 3.63) is 23.9 Å². The fourth-order valence-electron chi connectivity index (χ4n) is 1.24. The first kappa shape index (κ1) is 8.47. The van der Waals surface area contributed by atoms with Crippen molar-refractivity contribution in [2.24, 2.45) is 5.73 Å². The van der Waals surface area contributed by atoms with E-state index >= 15 is 0 Å². The number of rotatable bonds is 2. The van der Waals surface area contributed by atoms with Crippen LogP contribution in [-0.2, 0) is 6.54 Å². The molecule has 0 atom stereocenters. The third kappa shape index (κ3) is 1.38. The van der Waals surface area contributed by atoms with Crippen molar-refractivity contribution in [3.8, 4) is 5.75 Å². The van der Waals surface area contributed by atoms with E-state index < -0.39 is 0 Å². The standard InChI is InChI=1S/C9H10N2OS/c1-12-6-2-3-9-7(4-6)8(5-10)11-13-9/h2-4H,5,10H2,1H3. The number of ether oxygens (including phenoxy) is 1. The Bertz CT molecular complexity index is 424. The van der Waals surface area contributed by atoms with Crippen LogP contribution in [0.4, 0.5) is 0 Å². The normalized spacial score (nSPS) is 10.6. The number of aromatic nitrogens is 1. The molecular formula is C9H10N2OS. The second-order valence-corrected chi connectivity index (χ2v) is 3.50. The van der Waals surface area contributed by atoms with E-state index in [4.69, 9.17) is 10.5 Å². The van der Waals surface area contributed by atoms with Crippen molar-refractivity contribution in [3.63, 3.8) is 0 Å². The van der Waals surface area contributed by atoms with Gasteiger partial charge in [-0.25, -0.2) is 0 Å². The lowest BCUT2D eigenvalue weighted by Gasteiger charge is -1.98. The molecular weight excluding hydrogens is 184 g/mol. The molecule has 0 fully saturated rings. The van der Waals surface area contributed by atoms with Crippen LogP contribution < -0.4 is 10.5 Å². The summed E-state index contributed by atoms with van der Waals surface area (Å²) in [5.41, 5.74) is 6.50. The second kappa shape index (κ2) is 3.32. The highest BCUT2D eigenvalue weighted by Gasteiger charge is 2.04. The van der Waals surface area contributed by atoms with Gasteiger partial charge in [0.05, 0.1) is 17.5 Å². The minimum Gasteiger partial charge on any atom is -0.497 e. The summed E-state index contributed by atoms with van der Waals surface area (Å²) in [4.78, 5) is 0. The maximum Gasteiger partial charge on any atom is 0.119 e. The van der Waals surface area contributed by atoms with Crippen LogP contribution in [0.1, 0.15) is 5.69 Å². The molecule has 1 aromatic heterocycles. The van der Waals surface area contributed by atoms with Gasteiger partial charge in [-0.1, -0.05) is 0 Å². The summed E-state index contributed by atoms with van der Waals surface area (Å²) in [6.07, 6.45) is 0. The lowest BCUT2D eigenvalue weighted by atomic mass is 10.2. The molecule has 1 heterocycles. The van der Waals surface area contributed by atoms with Gasteiger partial charge in [0.25, 0.3) is 0 Å². The lowest BCUT2D eigenvalue weighted by Crippen LogP contribution is -1.96. The van der Waals surface area contributed by atoms with Gasteiger partial charge in [0.15, 0.2) is 0 Å². The summed E-state index contributed by atoms with van der Waals surface area (Å²) in [5, 5.41) is 1.10. The molecule has 0 unspecified atom stereocenters. The number of fused-ring (bicyclic) bond motifs is 1. The minimum atomic E-state index is 0.479. The van der Waals surface area contributed by atoms with Gasteiger partial charge in [-0.05, 0) is 29.7 Å². The summed E-state index contributed by atoms with van der Waals surface area (Å²) in [5.74, 6) is 0.849. The molecule has 4 heteroatoms. The molecule has 3 nitrogen and oxygen atoms in total. The van der Waals surface area contributed by atoms with E-state index in [2.05, 4.69) is 4.37 Å². The zero-order chi connectivity index (χ0) is 9.26. The Morgan fingerprint density at radius 1 is 1.54 bits per heavy atom. The molecule has 0 amide bonds. The van der Waals surface area contributed by atoms with E-state index in [1.807, 2.05) is 18.2 Å². The zero-order valence-corrected chi connectivity index (χ0v) is 8.10. The monoisotopic (exact) mass is 194 g/mol. The molecule has 0 bridgehead atoms. The molecule has 1 aromatic carbocycles. The summed E-state index contributed by atoms with van der Waals surface area (Å²) >= 11 is 1.47. The van der Waals surface area contributed by atoms with Crippen molar-refractivity contribution in [1.82, 2.24) is 4.37 Å². The summed E-state index contributed by atoms with van der Waals surface area (Å²) < 4.78 is 10.5. The molecule has 2 rings (SSSR count). The van der Waals surface area contributed by atoms with Crippen LogP contribution in [0.3, 0.4) is 0 Å². The van der Waals surface area contributed by atoms with Crippen molar-refractivity contribution in [2.75, 3.05) is 7.11 Å². The number of nitrogens with zero attached hydrogens (tertiary/aromatic N) is 1. The average molecular weight is 194 g/mol. The lowest BCUT2D eigenvalue weighted by molar-refractivity contribution is 0.415. The molecule has 0 radical (unpaired) electrons. The Morgan fingerprint density at radius 2 is 2.38 bits per heavy atom. The SMILES string of the molecule is COc1ccc2snc(CN)c2c1. The van der Waals surface area contributed by atoms with Gasteiger partial charge in [-0.3, -0.25) is 0 Å². The van der Waals surface area contributed by atoms with Crippen LogP contribution in [0.2, 0.25) is 0 Å². The summed E-state index contributed by atoms with van der Waals surface area (Å²) in [6.45, 7) is 0.479. The van der Waals surface area contributed by atoms with Gasteiger partial charge < -0.3 is 10.5 Å². The summed E-state index contributed by atoms with van der Waals surface area (Å²) in [7, 11) is 1.66. The third-order valence-electron chi connectivity index (χ3n) is 1.95. The fraction of sp³-hybridized carbons (Fsp3) is 0.222. The molecule has 0 saturated heterocycles. The maximum atomic E-state index is 5.56. The Balaban J connectivity index is 2.64. The number of nitrogens with two attached hydrogens (primary N) is 1. The quantitative estimate of drug-likeness (QED) is 0.792. The highest BCUT2D eigenvalue weighted by Crippen LogP contribution is 2.26. The summed E-state index contributed by atoms with van der Waals surface area (Å²) in [6, 6.07) is 5.91.